The van der Waals surface area contributed by atoms with E-state index in [1.54, 1.807) is 0 Å². The second-order valence-electron chi connectivity index (χ2n) is 6.76. The predicted molar refractivity (Wildman–Crippen MR) is 92.2 cm³/mol. The largest absolute Gasteiger partial charge is 0.396 e. The molecule has 0 radical (unpaired) electrons. The number of halogens is 1. The quantitative estimate of drug-likeness (QED) is 0.709. The normalized spacial score (nSPS) is 31.4. The lowest BCUT2D eigenvalue weighted by molar-refractivity contribution is 0.0803. The van der Waals surface area contributed by atoms with Gasteiger partial charge in [-0.2, -0.15) is 0 Å². The van der Waals surface area contributed by atoms with Gasteiger partial charge in [0, 0.05) is 18.5 Å². The minimum atomic E-state index is -2.75. The van der Waals surface area contributed by atoms with Crippen molar-refractivity contribution in [2.45, 2.75) is 33.1 Å². The summed E-state index contributed by atoms with van der Waals surface area (Å²) in [5, 5.41) is 9.67. The van der Waals surface area contributed by atoms with Gasteiger partial charge in [-0.3, -0.25) is 0 Å². The first-order chi connectivity index (χ1) is 8.87. The highest BCUT2D eigenvalue weighted by atomic mass is 127. The van der Waals surface area contributed by atoms with Crippen LogP contribution in [0.1, 0.15) is 33.1 Å². The summed E-state index contributed by atoms with van der Waals surface area (Å²) in [7, 11) is -2.75. The smallest absolute Gasteiger partial charge is 0.150 e. The maximum atomic E-state index is 11.4. The molecule has 1 unspecified atom stereocenters. The topological polar surface area (TPSA) is 57.6 Å². The first-order valence-electron chi connectivity index (χ1n) is 7.40. The van der Waals surface area contributed by atoms with Crippen LogP contribution in [0.4, 0.5) is 0 Å². The number of rotatable bonds is 4. The first-order valence-corrected chi connectivity index (χ1v) is 9.23. The van der Waals surface area contributed by atoms with E-state index in [0.29, 0.717) is 23.3 Å². The van der Waals surface area contributed by atoms with Crippen molar-refractivity contribution in [3.05, 3.63) is 0 Å². The fraction of sp³-hybridized carbons (Fsp3) is 1.00. The zero-order valence-corrected chi connectivity index (χ0v) is 15.7. The molecule has 0 aliphatic carbocycles. The maximum Gasteiger partial charge on any atom is 0.150 e. The van der Waals surface area contributed by atoms with E-state index in [2.05, 4.69) is 18.7 Å². The molecular formula is C14H28INO3S. The molecule has 0 spiro atoms. The number of likely N-dealkylation sites (tertiary alicyclic amines) is 1. The summed E-state index contributed by atoms with van der Waals surface area (Å²) in [5.74, 6) is 1.74. The van der Waals surface area contributed by atoms with Crippen LogP contribution in [0.2, 0.25) is 0 Å². The van der Waals surface area contributed by atoms with Crippen molar-refractivity contribution >= 4 is 33.8 Å². The third kappa shape index (κ3) is 4.30. The molecule has 1 atom stereocenters. The Labute approximate surface area is 140 Å². The average Bonchev–Trinajstić information content (AvgIpc) is 2.77. The van der Waals surface area contributed by atoms with Gasteiger partial charge in [0.2, 0.25) is 0 Å². The second kappa shape index (κ2) is 7.24. The molecule has 4 nitrogen and oxygen atoms in total. The number of aliphatic hydroxyl groups is 1. The molecule has 0 aromatic rings. The third-order valence-electron chi connectivity index (χ3n) is 5.19. The SMILES string of the molecule is CC(C)C1(CO)CCN(CC2CCS(=O)(=O)CC2)C1.I. The lowest BCUT2D eigenvalue weighted by atomic mass is 9.77. The maximum absolute atomic E-state index is 11.4. The van der Waals surface area contributed by atoms with Crippen LogP contribution >= 0.6 is 24.0 Å². The average molecular weight is 417 g/mol. The number of sulfone groups is 1. The van der Waals surface area contributed by atoms with E-state index in [0.717, 1.165) is 38.9 Å². The molecule has 1 N–H and O–H groups in total. The van der Waals surface area contributed by atoms with Gasteiger partial charge in [-0.25, -0.2) is 8.42 Å². The van der Waals surface area contributed by atoms with Crippen molar-refractivity contribution in [1.82, 2.24) is 4.90 Å². The van der Waals surface area contributed by atoms with Gasteiger partial charge in [-0.05, 0) is 37.6 Å². The van der Waals surface area contributed by atoms with Crippen LogP contribution < -0.4 is 0 Å². The van der Waals surface area contributed by atoms with Crippen molar-refractivity contribution in [2.75, 3.05) is 37.7 Å². The van der Waals surface area contributed by atoms with E-state index < -0.39 is 9.84 Å². The minimum absolute atomic E-state index is 0. The summed E-state index contributed by atoms with van der Waals surface area (Å²) in [5.41, 5.74) is 0.0563. The van der Waals surface area contributed by atoms with E-state index in [1.807, 2.05) is 0 Å². The van der Waals surface area contributed by atoms with Gasteiger partial charge in [0.25, 0.3) is 0 Å². The van der Waals surface area contributed by atoms with E-state index in [1.165, 1.54) is 0 Å². The Hall–Kier alpha value is 0.600. The van der Waals surface area contributed by atoms with Gasteiger partial charge < -0.3 is 10.0 Å². The van der Waals surface area contributed by atoms with Gasteiger partial charge >= 0.3 is 0 Å². The van der Waals surface area contributed by atoms with Gasteiger partial charge in [0.15, 0.2) is 0 Å². The Morgan fingerprint density at radius 2 is 1.90 bits per heavy atom. The third-order valence-corrected chi connectivity index (χ3v) is 6.91. The monoisotopic (exact) mass is 417 g/mol. The Bertz CT molecular complexity index is 399. The Morgan fingerprint density at radius 1 is 1.30 bits per heavy atom. The van der Waals surface area contributed by atoms with Crippen molar-refractivity contribution in [3.63, 3.8) is 0 Å². The van der Waals surface area contributed by atoms with Crippen LogP contribution in [0.5, 0.6) is 0 Å². The van der Waals surface area contributed by atoms with E-state index in [4.69, 9.17) is 0 Å². The highest BCUT2D eigenvalue weighted by Crippen LogP contribution is 2.38. The molecule has 6 heteroatoms. The summed E-state index contributed by atoms with van der Waals surface area (Å²) in [4.78, 5) is 2.43. The van der Waals surface area contributed by atoms with E-state index in [-0.39, 0.29) is 36.0 Å². The molecule has 2 fully saturated rings. The zero-order valence-electron chi connectivity index (χ0n) is 12.5. The highest BCUT2D eigenvalue weighted by molar-refractivity contribution is 14.0. The number of aliphatic hydroxyl groups excluding tert-OH is 1. The molecule has 0 bridgehead atoms. The minimum Gasteiger partial charge on any atom is -0.396 e. The van der Waals surface area contributed by atoms with E-state index >= 15 is 0 Å². The number of hydrogen-bond donors (Lipinski definition) is 1. The van der Waals surface area contributed by atoms with Gasteiger partial charge in [-0.1, -0.05) is 13.8 Å². The molecule has 0 saturated carbocycles. The first kappa shape index (κ1) is 18.6. The molecule has 0 aromatic heterocycles. The lowest BCUT2D eigenvalue weighted by Gasteiger charge is -2.32. The van der Waals surface area contributed by atoms with Crippen LogP contribution in [-0.2, 0) is 9.84 Å². The second-order valence-corrected chi connectivity index (χ2v) is 9.06. The van der Waals surface area contributed by atoms with Gasteiger partial charge in [0.1, 0.15) is 9.84 Å². The molecule has 20 heavy (non-hydrogen) atoms. The molecule has 0 amide bonds. The van der Waals surface area contributed by atoms with Crippen LogP contribution in [0.3, 0.4) is 0 Å². The Morgan fingerprint density at radius 3 is 2.35 bits per heavy atom. The van der Waals surface area contributed by atoms with Crippen molar-refractivity contribution in [3.8, 4) is 0 Å². The zero-order chi connectivity index (χ0) is 14.1. The molecule has 2 aliphatic heterocycles. The summed E-state index contributed by atoms with van der Waals surface area (Å²) >= 11 is 0. The lowest BCUT2D eigenvalue weighted by Crippen LogP contribution is -2.38. The molecule has 2 saturated heterocycles. The summed E-state index contributed by atoms with van der Waals surface area (Å²) in [6.45, 7) is 7.65. The van der Waals surface area contributed by atoms with Crippen LogP contribution in [0, 0.1) is 17.3 Å². The number of hydrogen-bond acceptors (Lipinski definition) is 4. The molecule has 120 valence electrons. The standard InChI is InChI=1S/C14H27NO3S.HI/c1-12(2)14(11-16)5-6-15(10-14)9-13-3-7-19(17,18)8-4-13;/h12-13,16H,3-11H2,1-2H3;1H. The van der Waals surface area contributed by atoms with Crippen molar-refractivity contribution < 1.29 is 13.5 Å². The molecule has 2 aliphatic rings. The van der Waals surface area contributed by atoms with Crippen LogP contribution in [0.25, 0.3) is 0 Å². The summed E-state index contributed by atoms with van der Waals surface area (Å²) < 4.78 is 22.9. The molecular weight excluding hydrogens is 389 g/mol. The number of nitrogens with zero attached hydrogens (tertiary/aromatic N) is 1. The van der Waals surface area contributed by atoms with Crippen LogP contribution in [0.15, 0.2) is 0 Å². The molecule has 0 aromatic carbocycles. The van der Waals surface area contributed by atoms with Gasteiger partial charge in [-0.15, -0.1) is 24.0 Å². The summed E-state index contributed by atoms with van der Waals surface area (Å²) in [6, 6.07) is 0. The molecule has 2 rings (SSSR count). The molecule has 2 heterocycles. The fourth-order valence-electron chi connectivity index (χ4n) is 3.41. The van der Waals surface area contributed by atoms with Crippen molar-refractivity contribution in [1.29, 1.82) is 0 Å². The van der Waals surface area contributed by atoms with Crippen LogP contribution in [-0.4, -0.2) is 56.2 Å². The van der Waals surface area contributed by atoms with Crippen molar-refractivity contribution in [2.24, 2.45) is 17.3 Å². The highest BCUT2D eigenvalue weighted by Gasteiger charge is 2.40. The van der Waals surface area contributed by atoms with Gasteiger partial charge in [0.05, 0.1) is 18.1 Å². The van der Waals surface area contributed by atoms with E-state index in [9.17, 15) is 13.5 Å². The predicted octanol–water partition coefficient (Wildman–Crippen LogP) is 1.77. The fourth-order valence-corrected chi connectivity index (χ4v) is 5.00. The Kier molecular flexibility index (Phi) is 6.75. The summed E-state index contributed by atoms with van der Waals surface area (Å²) in [6.07, 6.45) is 2.69. The Balaban J connectivity index is 0.00000200.